The average molecular weight is 393 g/mol. The number of furan rings is 1. The highest BCUT2D eigenvalue weighted by Gasteiger charge is 2.18. The van der Waals surface area contributed by atoms with E-state index in [0.717, 1.165) is 21.0 Å². The van der Waals surface area contributed by atoms with Gasteiger partial charge in [-0.1, -0.05) is 11.6 Å². The number of fused-ring (bicyclic) bond motifs is 1. The van der Waals surface area contributed by atoms with E-state index < -0.39 is 0 Å². The molecular weight excluding hydrogens is 376 g/mol. The van der Waals surface area contributed by atoms with Crippen molar-refractivity contribution in [3.8, 4) is 6.07 Å². The highest BCUT2D eigenvalue weighted by atomic mass is 35.5. The van der Waals surface area contributed by atoms with Crippen molar-refractivity contribution in [3.63, 3.8) is 0 Å². The molecule has 136 valence electrons. The van der Waals surface area contributed by atoms with Gasteiger partial charge in [-0.2, -0.15) is 5.26 Å². The van der Waals surface area contributed by atoms with Crippen LogP contribution in [0.25, 0.3) is 10.2 Å². The highest BCUT2D eigenvalue weighted by Crippen LogP contribution is 2.37. The molecule has 1 atom stereocenters. The maximum absolute atomic E-state index is 9.48. The van der Waals surface area contributed by atoms with Gasteiger partial charge in [-0.15, -0.1) is 11.3 Å². The van der Waals surface area contributed by atoms with Crippen LogP contribution in [0.3, 0.4) is 0 Å². The molecule has 0 fully saturated rings. The largest absolute Gasteiger partial charge is 0.483 e. The average Bonchev–Trinajstić information content (AvgIpc) is 3.20. The third-order valence-electron chi connectivity index (χ3n) is 3.34. The van der Waals surface area contributed by atoms with E-state index in [9.17, 15) is 5.26 Å². The van der Waals surface area contributed by atoms with Crippen molar-refractivity contribution >= 4 is 45.3 Å². The minimum Gasteiger partial charge on any atom is -0.483 e. The van der Waals surface area contributed by atoms with Crippen molar-refractivity contribution in [2.45, 2.75) is 25.9 Å². The van der Waals surface area contributed by atoms with E-state index in [-0.39, 0.29) is 12.5 Å². The van der Waals surface area contributed by atoms with Crippen LogP contribution in [0.15, 0.2) is 28.9 Å². The van der Waals surface area contributed by atoms with E-state index in [1.807, 2.05) is 19.1 Å². The number of hydrogen-bond acceptors (Lipinski definition) is 7. The highest BCUT2D eigenvalue weighted by molar-refractivity contribution is 7.20. The van der Waals surface area contributed by atoms with Crippen LogP contribution in [0.5, 0.6) is 0 Å². The molecule has 3 aromatic rings. The molecule has 0 aliphatic heterocycles. The number of nitriles is 1. The summed E-state index contributed by atoms with van der Waals surface area (Å²) < 4.78 is 6.23. The predicted octanol–water partition coefficient (Wildman–Crippen LogP) is 3.62. The van der Waals surface area contributed by atoms with Crippen molar-refractivity contribution in [1.82, 2.24) is 4.98 Å². The quantitative estimate of drug-likeness (QED) is 0.447. The van der Waals surface area contributed by atoms with E-state index in [0.29, 0.717) is 29.2 Å². The van der Waals surface area contributed by atoms with Crippen LogP contribution in [-0.4, -0.2) is 22.6 Å². The molecule has 0 aliphatic carbocycles. The van der Waals surface area contributed by atoms with Crippen LogP contribution < -0.4 is 11.1 Å². The van der Waals surface area contributed by atoms with Crippen molar-refractivity contribution in [1.29, 1.82) is 5.26 Å². The fraction of sp³-hybridized carbons (Fsp3) is 0.235. The predicted molar refractivity (Wildman–Crippen MR) is 101 cm³/mol. The second kappa shape index (κ2) is 9.20. The molecular formula is C17H17ClN4O3S. The summed E-state index contributed by atoms with van der Waals surface area (Å²) in [7, 11) is 0. The number of carboxylic acid groups (broad SMARTS) is 1. The van der Waals surface area contributed by atoms with Gasteiger partial charge in [0, 0.05) is 17.0 Å². The molecule has 0 spiro atoms. The fourth-order valence-electron chi connectivity index (χ4n) is 2.36. The summed E-state index contributed by atoms with van der Waals surface area (Å²) >= 11 is 7.66. The Hall–Kier alpha value is -2.60. The van der Waals surface area contributed by atoms with Crippen molar-refractivity contribution in [3.05, 3.63) is 45.8 Å². The zero-order valence-electron chi connectivity index (χ0n) is 13.9. The lowest BCUT2D eigenvalue weighted by Crippen LogP contribution is -2.17. The molecule has 0 aliphatic rings. The maximum atomic E-state index is 9.48. The molecule has 7 nitrogen and oxygen atoms in total. The second-order valence-electron chi connectivity index (χ2n) is 5.40. The first-order chi connectivity index (χ1) is 12.5. The fourth-order valence-corrected chi connectivity index (χ4v) is 3.88. The van der Waals surface area contributed by atoms with Crippen molar-refractivity contribution in [2.75, 3.05) is 5.32 Å². The molecule has 3 aromatic heterocycles. The first-order valence-corrected chi connectivity index (χ1v) is 8.81. The van der Waals surface area contributed by atoms with Gasteiger partial charge >= 0.3 is 0 Å². The van der Waals surface area contributed by atoms with Gasteiger partial charge in [-0.3, -0.25) is 4.79 Å². The number of rotatable bonds is 5. The summed E-state index contributed by atoms with van der Waals surface area (Å²) in [5.74, 6) is 0.818. The van der Waals surface area contributed by atoms with Gasteiger partial charge in [0.1, 0.15) is 22.5 Å². The SMILES string of the molecule is C[C@H](N)Cc1sc2c(NCc3ccco3)cc(Cl)nc2c1C#N.O=CO. The lowest BCUT2D eigenvalue weighted by Gasteiger charge is -2.06. The third kappa shape index (κ3) is 4.73. The monoisotopic (exact) mass is 392 g/mol. The number of nitrogens with two attached hydrogens (primary N) is 1. The third-order valence-corrected chi connectivity index (χ3v) is 4.76. The smallest absolute Gasteiger partial charge is 0.290 e. The lowest BCUT2D eigenvalue weighted by atomic mass is 10.1. The van der Waals surface area contributed by atoms with E-state index in [1.54, 1.807) is 12.3 Å². The van der Waals surface area contributed by atoms with Crippen LogP contribution in [0, 0.1) is 11.3 Å². The summed E-state index contributed by atoms with van der Waals surface area (Å²) in [6.45, 7) is 2.20. The Kier molecular flexibility index (Phi) is 6.97. The van der Waals surface area contributed by atoms with E-state index in [4.69, 9.17) is 31.7 Å². The summed E-state index contributed by atoms with van der Waals surface area (Å²) in [6, 6.07) is 7.71. The van der Waals surface area contributed by atoms with E-state index in [1.165, 1.54) is 11.3 Å². The van der Waals surface area contributed by atoms with Gasteiger partial charge in [0.15, 0.2) is 0 Å². The molecule has 0 unspecified atom stereocenters. The topological polar surface area (TPSA) is 125 Å². The number of halogens is 1. The number of nitrogens with zero attached hydrogens (tertiary/aromatic N) is 2. The molecule has 3 rings (SSSR count). The van der Waals surface area contributed by atoms with Crippen LogP contribution in [0.2, 0.25) is 5.15 Å². The Balaban J connectivity index is 0.000000758. The number of hydrogen-bond donors (Lipinski definition) is 3. The summed E-state index contributed by atoms with van der Waals surface area (Å²) in [4.78, 5) is 13.6. The van der Waals surface area contributed by atoms with Gasteiger partial charge in [0.2, 0.25) is 0 Å². The summed E-state index contributed by atoms with van der Waals surface area (Å²) in [6.07, 6.45) is 2.27. The van der Waals surface area contributed by atoms with Crippen LogP contribution >= 0.6 is 22.9 Å². The number of carbonyl (C=O) groups is 1. The summed E-state index contributed by atoms with van der Waals surface area (Å²) in [5, 5.41) is 20.0. The molecule has 0 saturated heterocycles. The Bertz CT molecular complexity index is 916. The Labute approximate surface area is 159 Å². The van der Waals surface area contributed by atoms with Crippen LogP contribution in [0.4, 0.5) is 5.69 Å². The van der Waals surface area contributed by atoms with E-state index >= 15 is 0 Å². The summed E-state index contributed by atoms with van der Waals surface area (Å²) in [5.41, 5.74) is 7.91. The van der Waals surface area contributed by atoms with Crippen molar-refractivity contribution in [2.24, 2.45) is 5.73 Å². The van der Waals surface area contributed by atoms with Crippen LogP contribution in [-0.2, 0) is 17.8 Å². The van der Waals surface area contributed by atoms with Crippen molar-refractivity contribution < 1.29 is 14.3 Å². The molecule has 0 radical (unpaired) electrons. The normalized spacial score (nSPS) is 11.3. The van der Waals surface area contributed by atoms with Gasteiger partial charge < -0.3 is 20.6 Å². The molecule has 4 N–H and O–H groups in total. The first kappa shape index (κ1) is 19.7. The molecule has 26 heavy (non-hydrogen) atoms. The number of aromatic nitrogens is 1. The zero-order valence-corrected chi connectivity index (χ0v) is 15.5. The van der Waals surface area contributed by atoms with Crippen LogP contribution in [0.1, 0.15) is 23.1 Å². The molecule has 0 bridgehead atoms. The van der Waals surface area contributed by atoms with Gasteiger partial charge in [-0.05, 0) is 25.5 Å². The van der Waals surface area contributed by atoms with E-state index in [2.05, 4.69) is 16.4 Å². The number of thiophene rings is 1. The Morgan fingerprint density at radius 1 is 1.62 bits per heavy atom. The number of nitrogens with one attached hydrogen (secondary N) is 1. The molecule has 3 heterocycles. The lowest BCUT2D eigenvalue weighted by molar-refractivity contribution is -0.122. The number of pyridine rings is 1. The molecule has 0 aromatic carbocycles. The first-order valence-electron chi connectivity index (χ1n) is 7.61. The molecule has 0 saturated carbocycles. The van der Waals surface area contributed by atoms with Gasteiger partial charge in [0.25, 0.3) is 6.47 Å². The van der Waals surface area contributed by atoms with Gasteiger partial charge in [0.05, 0.1) is 28.8 Å². The molecule has 0 amide bonds. The standard InChI is InChI=1S/C16H15ClN4OS.CH2O2/c1-9(19)5-13-11(7-18)15-16(23-13)12(6-14(17)21-15)20-8-10-3-2-4-22-10;2-1-3/h2-4,6,9H,5,8,19H2,1H3,(H,20,21);1H,(H,2,3)/t9-;/m0./s1. The molecule has 9 heteroatoms. The Morgan fingerprint density at radius 3 is 2.92 bits per heavy atom. The number of anilines is 1. The minimum absolute atomic E-state index is 0.0230. The zero-order chi connectivity index (χ0) is 19.1. The maximum Gasteiger partial charge on any atom is 0.290 e. The second-order valence-corrected chi connectivity index (χ2v) is 6.89. The minimum atomic E-state index is -0.250. The Morgan fingerprint density at radius 2 is 2.35 bits per heavy atom. The van der Waals surface area contributed by atoms with Gasteiger partial charge in [-0.25, -0.2) is 4.98 Å².